The number of amides is 1. The summed E-state index contributed by atoms with van der Waals surface area (Å²) < 4.78 is 52.0. The molecule has 5 rings (SSSR count). The van der Waals surface area contributed by atoms with Gasteiger partial charge in [0.15, 0.2) is 0 Å². The highest BCUT2D eigenvalue weighted by atomic mass is 32.1. The van der Waals surface area contributed by atoms with Gasteiger partial charge in [0.1, 0.15) is 29.4 Å². The van der Waals surface area contributed by atoms with Crippen LogP contribution in [-0.4, -0.2) is 63.9 Å². The number of carbonyl (C=O) groups excluding carboxylic acids is 1. The zero-order valence-corrected chi connectivity index (χ0v) is 23.8. The fourth-order valence-corrected chi connectivity index (χ4v) is 5.15. The Bertz CT molecular complexity index is 1480. The van der Waals surface area contributed by atoms with Gasteiger partial charge in [-0.1, -0.05) is 24.6 Å². The molecule has 0 bridgehead atoms. The summed E-state index contributed by atoms with van der Waals surface area (Å²) in [6, 6.07) is 15.4. The first-order chi connectivity index (χ1) is 20.5. The monoisotopic (exact) mass is 622 g/mol. The second kappa shape index (κ2) is 14.0. The van der Waals surface area contributed by atoms with Crippen LogP contribution in [0.1, 0.15) is 47.6 Å². The molecule has 2 aromatic carbocycles. The van der Waals surface area contributed by atoms with Crippen LogP contribution in [0.25, 0.3) is 5.69 Å². The average Bonchev–Trinajstić information content (AvgIpc) is 2.93. The molecule has 0 spiro atoms. The molecule has 1 aliphatic heterocycles. The number of thiol groups is 1. The number of hydrogen-bond acceptors (Lipinski definition) is 7. The molecule has 1 aromatic heterocycles. The number of nitrogens with zero attached hydrogens (tertiary/aromatic N) is 3. The van der Waals surface area contributed by atoms with Crippen molar-refractivity contribution in [2.75, 3.05) is 26.2 Å². The van der Waals surface area contributed by atoms with E-state index in [-0.39, 0.29) is 29.7 Å². The van der Waals surface area contributed by atoms with Crippen molar-refractivity contribution < 1.29 is 37.0 Å². The quantitative estimate of drug-likeness (QED) is 0.196. The number of benzene rings is 2. The first-order valence-corrected chi connectivity index (χ1v) is 14.1. The Hall–Kier alpha value is -3.91. The Morgan fingerprint density at radius 2 is 1.74 bits per heavy atom. The lowest BCUT2D eigenvalue weighted by molar-refractivity contribution is -0.192. The number of aliphatic carboxylic acids is 1. The van der Waals surface area contributed by atoms with E-state index in [1.165, 1.54) is 12.1 Å². The third-order valence-electron chi connectivity index (χ3n) is 7.05. The average molecular weight is 623 g/mol. The van der Waals surface area contributed by atoms with Gasteiger partial charge in [0.25, 0.3) is 5.56 Å². The minimum atomic E-state index is -5.08. The van der Waals surface area contributed by atoms with Gasteiger partial charge in [-0.05, 0) is 49.2 Å². The van der Waals surface area contributed by atoms with Gasteiger partial charge in [-0.15, -0.1) is 12.6 Å². The predicted molar refractivity (Wildman–Crippen MR) is 152 cm³/mol. The van der Waals surface area contributed by atoms with Gasteiger partial charge in [-0.3, -0.25) is 14.2 Å². The highest BCUT2D eigenvalue weighted by molar-refractivity contribution is 7.80. The summed E-state index contributed by atoms with van der Waals surface area (Å²) in [5.74, 6) is -1.55. The Kier molecular flexibility index (Phi) is 10.5. The molecule has 9 nitrogen and oxygen atoms in total. The number of nitrogens with one attached hydrogen (secondary N) is 1. The number of aromatic nitrogens is 2. The van der Waals surface area contributed by atoms with E-state index >= 15 is 0 Å². The minimum absolute atomic E-state index is 0.0969. The van der Waals surface area contributed by atoms with Crippen LogP contribution in [0.3, 0.4) is 0 Å². The Morgan fingerprint density at radius 3 is 2.33 bits per heavy atom. The molecule has 230 valence electrons. The normalized spacial score (nSPS) is 16.4. The lowest BCUT2D eigenvalue weighted by atomic mass is 9.84. The number of fused-ring (bicyclic) bond motifs is 1. The van der Waals surface area contributed by atoms with Crippen LogP contribution < -0.4 is 15.6 Å². The van der Waals surface area contributed by atoms with Crippen LogP contribution in [0.4, 0.5) is 17.6 Å². The van der Waals surface area contributed by atoms with Gasteiger partial charge in [-0.2, -0.15) is 13.2 Å². The van der Waals surface area contributed by atoms with Crippen LogP contribution in [0.5, 0.6) is 5.75 Å². The van der Waals surface area contributed by atoms with Crippen LogP contribution >= 0.6 is 12.6 Å². The molecule has 0 saturated heterocycles. The number of carboxylic acid groups (broad SMARTS) is 1. The molecule has 2 heterocycles. The summed E-state index contributed by atoms with van der Waals surface area (Å²) in [5, 5.41) is 9.54. The van der Waals surface area contributed by atoms with E-state index < -0.39 is 17.5 Å². The van der Waals surface area contributed by atoms with E-state index in [2.05, 4.69) is 5.32 Å². The number of carbonyl (C=O) groups is 2. The van der Waals surface area contributed by atoms with Gasteiger partial charge in [-0.25, -0.2) is 14.2 Å². The zero-order chi connectivity index (χ0) is 31.1. The van der Waals surface area contributed by atoms with Crippen molar-refractivity contribution in [1.82, 2.24) is 19.8 Å². The standard InChI is InChI=1S/C27H29FN4O3S.C2HF3O2/c28-19-9-11-21(12-10-19)35-16-14-29-17-23(33)31-15-13-22-24(27(31)36)26(34)32(20-7-2-1-3-8-20)25(30-22)18-5-4-6-18;3-2(4,5)1(6)7/h1-3,7-12,18,27,29,36H,4-6,13-17H2;(H,6,7). The molecule has 1 atom stereocenters. The molecule has 2 N–H and O–H groups in total. The SMILES string of the molecule is O=C(CNCCOc1ccc(F)cc1)N1CCc2nc(C3CCC3)n(-c3ccccc3)c(=O)c2C1S.O=C(O)C(F)(F)F. The number of halogens is 4. The van der Waals surface area contributed by atoms with Gasteiger partial charge >= 0.3 is 12.1 Å². The molecule has 1 fully saturated rings. The van der Waals surface area contributed by atoms with Crippen LogP contribution in [0.2, 0.25) is 0 Å². The van der Waals surface area contributed by atoms with Crippen molar-refractivity contribution in [2.24, 2.45) is 0 Å². The van der Waals surface area contributed by atoms with Crippen LogP contribution in [-0.2, 0) is 16.0 Å². The topological polar surface area (TPSA) is 114 Å². The fraction of sp³-hybridized carbons (Fsp3) is 0.379. The lowest BCUT2D eigenvalue weighted by Gasteiger charge is -2.35. The molecule has 1 amide bonds. The maximum Gasteiger partial charge on any atom is 0.490 e. The van der Waals surface area contributed by atoms with Gasteiger partial charge in [0.05, 0.1) is 23.5 Å². The second-order valence-electron chi connectivity index (χ2n) is 9.93. The number of para-hydroxylation sites is 1. The van der Waals surface area contributed by atoms with E-state index in [4.69, 9.17) is 32.3 Å². The van der Waals surface area contributed by atoms with Crippen molar-refractivity contribution in [3.63, 3.8) is 0 Å². The Balaban J connectivity index is 0.000000541. The maximum absolute atomic E-state index is 13.8. The molecule has 14 heteroatoms. The number of ether oxygens (including phenoxy) is 1. The smallest absolute Gasteiger partial charge is 0.490 e. The van der Waals surface area contributed by atoms with E-state index in [1.807, 2.05) is 30.3 Å². The van der Waals surface area contributed by atoms with Crippen molar-refractivity contribution >= 4 is 24.5 Å². The largest absolute Gasteiger partial charge is 0.492 e. The van der Waals surface area contributed by atoms with Gasteiger partial charge in [0.2, 0.25) is 5.91 Å². The molecular formula is C29H30F4N4O5S. The first kappa shape index (κ1) is 32.0. The summed E-state index contributed by atoms with van der Waals surface area (Å²) >= 11 is 4.72. The molecule has 0 radical (unpaired) electrons. The van der Waals surface area contributed by atoms with E-state index in [1.54, 1.807) is 21.6 Å². The summed E-state index contributed by atoms with van der Waals surface area (Å²) in [4.78, 5) is 42.3. The third-order valence-corrected chi connectivity index (χ3v) is 7.59. The Labute approximate surface area is 249 Å². The molecule has 1 saturated carbocycles. The van der Waals surface area contributed by atoms with Crippen molar-refractivity contribution in [1.29, 1.82) is 0 Å². The number of rotatable bonds is 8. The van der Waals surface area contributed by atoms with Gasteiger partial charge in [0, 0.05) is 25.4 Å². The minimum Gasteiger partial charge on any atom is -0.492 e. The molecule has 1 aliphatic carbocycles. The molecule has 3 aromatic rings. The van der Waals surface area contributed by atoms with E-state index in [9.17, 15) is 27.2 Å². The molecule has 43 heavy (non-hydrogen) atoms. The van der Waals surface area contributed by atoms with E-state index in [0.717, 1.165) is 36.5 Å². The maximum atomic E-state index is 13.8. The summed E-state index contributed by atoms with van der Waals surface area (Å²) in [6.45, 7) is 1.33. The first-order valence-electron chi connectivity index (χ1n) is 13.5. The number of carboxylic acids is 1. The van der Waals surface area contributed by atoms with Crippen LogP contribution in [0, 0.1) is 5.82 Å². The van der Waals surface area contributed by atoms with E-state index in [0.29, 0.717) is 37.4 Å². The molecule has 1 unspecified atom stereocenters. The predicted octanol–water partition coefficient (Wildman–Crippen LogP) is 4.25. The lowest BCUT2D eigenvalue weighted by Crippen LogP contribution is -2.46. The number of hydrogen-bond donors (Lipinski definition) is 3. The van der Waals surface area contributed by atoms with Crippen LogP contribution in [0.15, 0.2) is 59.4 Å². The zero-order valence-electron chi connectivity index (χ0n) is 22.9. The highest BCUT2D eigenvalue weighted by Crippen LogP contribution is 2.37. The highest BCUT2D eigenvalue weighted by Gasteiger charge is 2.38. The third kappa shape index (κ3) is 7.93. The summed E-state index contributed by atoms with van der Waals surface area (Å²) in [5.41, 5.74) is 1.86. The molecule has 2 aliphatic rings. The molecular weight excluding hydrogens is 592 g/mol. The number of alkyl halides is 3. The van der Waals surface area contributed by atoms with Crippen molar-refractivity contribution in [3.8, 4) is 11.4 Å². The summed E-state index contributed by atoms with van der Waals surface area (Å²) in [6.07, 6.45) is -1.35. The van der Waals surface area contributed by atoms with Crippen molar-refractivity contribution in [3.05, 3.63) is 87.9 Å². The van der Waals surface area contributed by atoms with Crippen molar-refractivity contribution in [2.45, 2.75) is 43.2 Å². The Morgan fingerprint density at radius 1 is 1.09 bits per heavy atom. The second-order valence-corrected chi connectivity index (χ2v) is 10.4. The van der Waals surface area contributed by atoms with Gasteiger partial charge < -0.3 is 20.1 Å². The fourth-order valence-electron chi connectivity index (χ4n) is 4.65. The summed E-state index contributed by atoms with van der Waals surface area (Å²) in [7, 11) is 0.